The SMILES string of the molecule is O=C(CNC1CCNC1)Nc1ccc(Br)cc1. The summed E-state index contributed by atoms with van der Waals surface area (Å²) in [5.74, 6) is -0.000720. The van der Waals surface area contributed by atoms with Crippen LogP contribution in [-0.2, 0) is 4.79 Å². The Morgan fingerprint density at radius 3 is 2.82 bits per heavy atom. The van der Waals surface area contributed by atoms with Crippen LogP contribution in [0.3, 0.4) is 0 Å². The van der Waals surface area contributed by atoms with Crippen molar-refractivity contribution in [2.75, 3.05) is 25.0 Å². The summed E-state index contributed by atoms with van der Waals surface area (Å²) in [7, 11) is 0. The summed E-state index contributed by atoms with van der Waals surface area (Å²) in [6.07, 6.45) is 1.09. The van der Waals surface area contributed by atoms with E-state index in [-0.39, 0.29) is 5.91 Å². The van der Waals surface area contributed by atoms with E-state index in [2.05, 4.69) is 31.9 Å². The summed E-state index contributed by atoms with van der Waals surface area (Å²) in [6, 6.07) is 7.98. The summed E-state index contributed by atoms with van der Waals surface area (Å²) >= 11 is 3.36. The van der Waals surface area contributed by atoms with Crippen molar-refractivity contribution in [2.24, 2.45) is 0 Å². The number of carbonyl (C=O) groups is 1. The number of benzene rings is 1. The van der Waals surface area contributed by atoms with E-state index in [0.29, 0.717) is 12.6 Å². The number of hydrogen-bond acceptors (Lipinski definition) is 3. The van der Waals surface area contributed by atoms with Gasteiger partial charge in [-0.15, -0.1) is 0 Å². The van der Waals surface area contributed by atoms with Crippen LogP contribution >= 0.6 is 15.9 Å². The van der Waals surface area contributed by atoms with Crippen molar-refractivity contribution in [3.05, 3.63) is 28.7 Å². The first-order valence-corrected chi connectivity index (χ1v) is 6.53. The van der Waals surface area contributed by atoms with Crippen molar-refractivity contribution in [3.63, 3.8) is 0 Å². The van der Waals surface area contributed by atoms with Gasteiger partial charge in [0.2, 0.25) is 5.91 Å². The molecule has 1 atom stereocenters. The Kier molecular flexibility index (Phi) is 4.53. The normalized spacial score (nSPS) is 19.2. The van der Waals surface area contributed by atoms with Gasteiger partial charge in [-0.05, 0) is 37.2 Å². The van der Waals surface area contributed by atoms with Gasteiger partial charge in [-0.3, -0.25) is 4.79 Å². The van der Waals surface area contributed by atoms with Gasteiger partial charge >= 0.3 is 0 Å². The van der Waals surface area contributed by atoms with E-state index in [1.807, 2.05) is 24.3 Å². The summed E-state index contributed by atoms with van der Waals surface area (Å²) in [5, 5.41) is 9.33. The van der Waals surface area contributed by atoms with Crippen LogP contribution < -0.4 is 16.0 Å². The molecular weight excluding hydrogens is 282 g/mol. The third kappa shape index (κ3) is 4.11. The van der Waals surface area contributed by atoms with Crippen LogP contribution in [0.25, 0.3) is 0 Å². The fourth-order valence-corrected chi connectivity index (χ4v) is 2.07. The molecule has 0 saturated carbocycles. The molecule has 0 aromatic heterocycles. The Hall–Kier alpha value is -0.910. The van der Waals surface area contributed by atoms with E-state index < -0.39 is 0 Å². The van der Waals surface area contributed by atoms with Crippen LogP contribution in [0.2, 0.25) is 0 Å². The molecule has 4 nitrogen and oxygen atoms in total. The second-order valence-electron chi connectivity index (χ2n) is 4.13. The molecule has 1 amide bonds. The molecule has 1 aromatic carbocycles. The average molecular weight is 298 g/mol. The Morgan fingerprint density at radius 1 is 1.41 bits per heavy atom. The van der Waals surface area contributed by atoms with Gasteiger partial charge in [-0.25, -0.2) is 0 Å². The molecule has 1 aromatic rings. The first-order valence-electron chi connectivity index (χ1n) is 5.73. The molecule has 0 spiro atoms. The molecule has 1 heterocycles. The van der Waals surface area contributed by atoms with Gasteiger partial charge in [-0.1, -0.05) is 15.9 Å². The van der Waals surface area contributed by atoms with Crippen LogP contribution in [-0.4, -0.2) is 31.6 Å². The lowest BCUT2D eigenvalue weighted by molar-refractivity contribution is -0.115. The van der Waals surface area contributed by atoms with E-state index in [1.165, 1.54) is 0 Å². The molecule has 0 bridgehead atoms. The van der Waals surface area contributed by atoms with E-state index >= 15 is 0 Å². The van der Waals surface area contributed by atoms with Crippen LogP contribution in [0.5, 0.6) is 0 Å². The number of carbonyl (C=O) groups excluding carboxylic acids is 1. The molecule has 1 fully saturated rings. The van der Waals surface area contributed by atoms with E-state index in [0.717, 1.165) is 29.7 Å². The van der Waals surface area contributed by atoms with E-state index in [1.54, 1.807) is 0 Å². The largest absolute Gasteiger partial charge is 0.325 e. The zero-order chi connectivity index (χ0) is 12.1. The summed E-state index contributed by atoms with van der Waals surface area (Å²) in [5.41, 5.74) is 0.824. The third-order valence-corrected chi connectivity index (χ3v) is 3.27. The molecule has 1 aliphatic heterocycles. The molecule has 0 radical (unpaired) electrons. The lowest BCUT2D eigenvalue weighted by Gasteiger charge is -2.11. The molecule has 2 rings (SSSR count). The van der Waals surface area contributed by atoms with Crippen LogP contribution in [0.15, 0.2) is 28.7 Å². The quantitative estimate of drug-likeness (QED) is 0.786. The highest BCUT2D eigenvalue weighted by Crippen LogP contribution is 2.13. The molecule has 1 saturated heterocycles. The molecular formula is C12H16BrN3O. The molecule has 92 valence electrons. The number of halogens is 1. The van der Waals surface area contributed by atoms with Gasteiger partial charge in [0.25, 0.3) is 0 Å². The summed E-state index contributed by atoms with van der Waals surface area (Å²) in [6.45, 7) is 2.35. The smallest absolute Gasteiger partial charge is 0.238 e. The number of anilines is 1. The Labute approximate surface area is 109 Å². The van der Waals surface area contributed by atoms with Crippen molar-refractivity contribution < 1.29 is 4.79 Å². The Bertz CT molecular complexity index is 374. The minimum atomic E-state index is -0.000720. The zero-order valence-electron chi connectivity index (χ0n) is 9.50. The van der Waals surface area contributed by atoms with Crippen LogP contribution in [0.4, 0.5) is 5.69 Å². The first-order chi connectivity index (χ1) is 8.24. The molecule has 1 aliphatic rings. The highest BCUT2D eigenvalue weighted by molar-refractivity contribution is 9.10. The maximum absolute atomic E-state index is 11.6. The maximum atomic E-state index is 11.6. The van der Waals surface area contributed by atoms with E-state index in [4.69, 9.17) is 0 Å². The number of hydrogen-bond donors (Lipinski definition) is 3. The van der Waals surface area contributed by atoms with Gasteiger partial charge in [0.05, 0.1) is 6.54 Å². The number of nitrogens with one attached hydrogen (secondary N) is 3. The van der Waals surface area contributed by atoms with Crippen molar-refractivity contribution >= 4 is 27.5 Å². The summed E-state index contributed by atoms with van der Waals surface area (Å²) < 4.78 is 1.01. The lowest BCUT2D eigenvalue weighted by atomic mass is 10.2. The summed E-state index contributed by atoms with van der Waals surface area (Å²) in [4.78, 5) is 11.6. The highest BCUT2D eigenvalue weighted by atomic mass is 79.9. The van der Waals surface area contributed by atoms with Crippen molar-refractivity contribution in [1.29, 1.82) is 0 Å². The Balaban J connectivity index is 1.74. The van der Waals surface area contributed by atoms with Gasteiger partial charge in [-0.2, -0.15) is 0 Å². The van der Waals surface area contributed by atoms with Crippen molar-refractivity contribution in [1.82, 2.24) is 10.6 Å². The standard InChI is InChI=1S/C12H16BrN3O/c13-9-1-3-10(4-2-9)16-12(17)8-15-11-5-6-14-7-11/h1-4,11,14-15H,5-8H2,(H,16,17). The molecule has 3 N–H and O–H groups in total. The fraction of sp³-hybridized carbons (Fsp3) is 0.417. The zero-order valence-corrected chi connectivity index (χ0v) is 11.1. The monoisotopic (exact) mass is 297 g/mol. The third-order valence-electron chi connectivity index (χ3n) is 2.74. The molecule has 17 heavy (non-hydrogen) atoms. The molecule has 1 unspecified atom stereocenters. The van der Waals surface area contributed by atoms with Crippen molar-refractivity contribution in [2.45, 2.75) is 12.5 Å². The second kappa shape index (κ2) is 6.14. The van der Waals surface area contributed by atoms with E-state index in [9.17, 15) is 4.79 Å². The minimum absolute atomic E-state index is 0.000720. The lowest BCUT2D eigenvalue weighted by Crippen LogP contribution is -2.37. The maximum Gasteiger partial charge on any atom is 0.238 e. The topological polar surface area (TPSA) is 53.2 Å². The predicted molar refractivity (Wildman–Crippen MR) is 72.0 cm³/mol. The second-order valence-corrected chi connectivity index (χ2v) is 5.04. The van der Waals surface area contributed by atoms with Crippen molar-refractivity contribution in [3.8, 4) is 0 Å². The van der Waals surface area contributed by atoms with Gasteiger partial charge in [0, 0.05) is 22.7 Å². The van der Waals surface area contributed by atoms with Gasteiger partial charge < -0.3 is 16.0 Å². The fourth-order valence-electron chi connectivity index (χ4n) is 1.80. The Morgan fingerprint density at radius 2 is 2.18 bits per heavy atom. The first kappa shape index (κ1) is 12.5. The highest BCUT2D eigenvalue weighted by Gasteiger charge is 2.14. The van der Waals surface area contributed by atoms with Crippen LogP contribution in [0.1, 0.15) is 6.42 Å². The average Bonchev–Trinajstić information content (AvgIpc) is 2.83. The van der Waals surface area contributed by atoms with Gasteiger partial charge in [0.15, 0.2) is 0 Å². The number of amides is 1. The molecule has 5 heteroatoms. The minimum Gasteiger partial charge on any atom is -0.325 e. The van der Waals surface area contributed by atoms with Crippen LogP contribution in [0, 0.1) is 0 Å². The predicted octanol–water partition coefficient (Wildman–Crippen LogP) is 1.34. The molecule has 0 aliphatic carbocycles. The van der Waals surface area contributed by atoms with Gasteiger partial charge in [0.1, 0.15) is 0 Å². The number of rotatable bonds is 4.